The first-order valence-electron chi connectivity index (χ1n) is 9.41. The van der Waals surface area contributed by atoms with Gasteiger partial charge in [0.2, 0.25) is 0 Å². The van der Waals surface area contributed by atoms with E-state index in [0.717, 1.165) is 0 Å². The van der Waals surface area contributed by atoms with E-state index in [0.29, 0.717) is 5.56 Å². The molecule has 1 amide bonds. The zero-order valence-corrected chi connectivity index (χ0v) is 17.4. The molecule has 2 saturated heterocycles. The minimum Gasteiger partial charge on any atom is -0.361 e. The number of hydrogen-bond donors (Lipinski definition) is 6. The standard InChI is InChI=1S/C20H21FN6O3S/c1-19(11-31(29,30)20(9-24-10-20)18(23)27-19)14-6-13(3-4-15(14)21)26-17(28)16-5-2-12(7-22)8-25-16/h2-6,8,24,29-30H,9-11H2,1H3,(H2,23,27)(H,26,28). The fourth-order valence-corrected chi connectivity index (χ4v) is 6.20. The molecule has 0 saturated carbocycles. The summed E-state index contributed by atoms with van der Waals surface area (Å²) in [6, 6.07) is 8.75. The van der Waals surface area contributed by atoms with Crippen LogP contribution in [0.2, 0.25) is 0 Å². The topological polar surface area (TPSA) is 154 Å². The van der Waals surface area contributed by atoms with E-state index in [-0.39, 0.29) is 41.6 Å². The summed E-state index contributed by atoms with van der Waals surface area (Å²) >= 11 is 0. The van der Waals surface area contributed by atoms with Crippen molar-refractivity contribution in [1.29, 1.82) is 10.7 Å². The predicted octanol–water partition coefficient (Wildman–Crippen LogP) is 2.23. The highest BCUT2D eigenvalue weighted by molar-refractivity contribution is 8.26. The van der Waals surface area contributed by atoms with Crippen LogP contribution in [0, 0.1) is 22.6 Å². The molecule has 1 aromatic heterocycles. The Morgan fingerprint density at radius 1 is 1.35 bits per heavy atom. The molecule has 0 bridgehead atoms. The SMILES string of the molecule is CC1(c2cc(NC(=O)c3ccc(C#N)cn3)ccc2F)CS(O)(O)C2(CNC2)C(=N)N1. The predicted molar refractivity (Wildman–Crippen MR) is 115 cm³/mol. The van der Waals surface area contributed by atoms with Crippen molar-refractivity contribution in [1.82, 2.24) is 15.6 Å². The fraction of sp³-hybridized carbons (Fsp3) is 0.300. The first kappa shape index (κ1) is 21.2. The molecule has 2 aliphatic heterocycles. The summed E-state index contributed by atoms with van der Waals surface area (Å²) in [5.74, 6) is -1.36. The van der Waals surface area contributed by atoms with Crippen molar-refractivity contribution in [2.24, 2.45) is 0 Å². The molecular formula is C20H21FN6O3S. The fourth-order valence-electron chi connectivity index (χ4n) is 3.85. The first-order valence-corrected chi connectivity index (χ1v) is 11.1. The van der Waals surface area contributed by atoms with Crippen LogP contribution in [-0.2, 0) is 5.54 Å². The van der Waals surface area contributed by atoms with Crippen molar-refractivity contribution in [3.8, 4) is 6.07 Å². The van der Waals surface area contributed by atoms with Crippen molar-refractivity contribution in [2.75, 3.05) is 24.2 Å². The summed E-state index contributed by atoms with van der Waals surface area (Å²) < 4.78 is 35.3. The van der Waals surface area contributed by atoms with Gasteiger partial charge in [-0.05, 0) is 37.3 Å². The zero-order valence-electron chi connectivity index (χ0n) is 16.6. The molecule has 1 unspecified atom stereocenters. The Kier molecular flexibility index (Phi) is 4.98. The van der Waals surface area contributed by atoms with E-state index in [1.807, 2.05) is 6.07 Å². The Morgan fingerprint density at radius 3 is 2.65 bits per heavy atom. The third-order valence-electron chi connectivity index (χ3n) is 5.74. The smallest absolute Gasteiger partial charge is 0.274 e. The molecule has 6 N–H and O–H groups in total. The van der Waals surface area contributed by atoms with Crippen LogP contribution in [-0.4, -0.2) is 49.4 Å². The normalized spacial score (nSPS) is 24.4. The average molecular weight is 444 g/mol. The molecule has 11 heteroatoms. The van der Waals surface area contributed by atoms with Crippen LogP contribution in [0.1, 0.15) is 28.5 Å². The van der Waals surface area contributed by atoms with Gasteiger partial charge in [-0.15, -0.1) is 0 Å². The van der Waals surface area contributed by atoms with Gasteiger partial charge in [-0.25, -0.2) is 9.37 Å². The van der Waals surface area contributed by atoms with E-state index >= 15 is 0 Å². The van der Waals surface area contributed by atoms with Gasteiger partial charge >= 0.3 is 0 Å². The number of amides is 1. The quantitative estimate of drug-likeness (QED) is 0.424. The third-order valence-corrected chi connectivity index (χ3v) is 8.46. The van der Waals surface area contributed by atoms with Crippen LogP contribution >= 0.6 is 10.6 Å². The summed E-state index contributed by atoms with van der Waals surface area (Å²) in [5, 5.41) is 25.8. The number of carbonyl (C=O) groups excluding carboxylic acids is 1. The van der Waals surface area contributed by atoms with Crippen LogP contribution in [0.4, 0.5) is 10.1 Å². The summed E-state index contributed by atoms with van der Waals surface area (Å²) in [5.41, 5.74) is -0.469. The van der Waals surface area contributed by atoms with Gasteiger partial charge < -0.3 is 16.0 Å². The Morgan fingerprint density at radius 2 is 2.10 bits per heavy atom. The molecule has 2 fully saturated rings. The molecule has 2 aromatic rings. The molecule has 1 atom stereocenters. The summed E-state index contributed by atoms with van der Waals surface area (Å²) in [6.07, 6.45) is 1.28. The minimum atomic E-state index is -3.23. The zero-order chi connectivity index (χ0) is 22.4. The molecule has 4 rings (SSSR count). The number of aromatic nitrogens is 1. The lowest BCUT2D eigenvalue weighted by Gasteiger charge is -2.62. The lowest BCUT2D eigenvalue weighted by molar-refractivity contribution is 0.102. The van der Waals surface area contributed by atoms with Gasteiger partial charge in [-0.3, -0.25) is 19.3 Å². The van der Waals surface area contributed by atoms with Crippen molar-refractivity contribution in [3.05, 3.63) is 59.2 Å². The summed E-state index contributed by atoms with van der Waals surface area (Å²) in [7, 11) is -3.23. The maximum Gasteiger partial charge on any atom is 0.274 e. The number of hydrogen-bond acceptors (Lipinski definition) is 7. The summed E-state index contributed by atoms with van der Waals surface area (Å²) in [6.45, 7) is 2.14. The molecule has 162 valence electrons. The number of rotatable bonds is 3. The number of nitrogens with one attached hydrogen (secondary N) is 4. The molecule has 3 heterocycles. The number of halogens is 1. The van der Waals surface area contributed by atoms with E-state index in [9.17, 15) is 18.3 Å². The minimum absolute atomic E-state index is 0.0457. The van der Waals surface area contributed by atoms with E-state index in [1.54, 1.807) is 6.92 Å². The Balaban J connectivity index is 1.61. The van der Waals surface area contributed by atoms with Crippen molar-refractivity contribution in [2.45, 2.75) is 17.2 Å². The highest BCUT2D eigenvalue weighted by Gasteiger charge is 2.59. The van der Waals surface area contributed by atoms with Crippen LogP contribution in [0.3, 0.4) is 0 Å². The molecule has 1 spiro atoms. The van der Waals surface area contributed by atoms with Gasteiger partial charge in [0.05, 0.1) is 16.9 Å². The second-order valence-electron chi connectivity index (χ2n) is 7.93. The van der Waals surface area contributed by atoms with Gasteiger partial charge in [0.1, 0.15) is 28.2 Å². The largest absolute Gasteiger partial charge is 0.361 e. The molecule has 0 radical (unpaired) electrons. The molecule has 0 aliphatic carbocycles. The number of amidine groups is 1. The average Bonchev–Trinajstić information content (AvgIpc) is 2.67. The monoisotopic (exact) mass is 444 g/mol. The van der Waals surface area contributed by atoms with Gasteiger partial charge in [-0.2, -0.15) is 15.9 Å². The molecule has 31 heavy (non-hydrogen) atoms. The first-order chi connectivity index (χ1) is 14.6. The number of nitriles is 1. The Bertz CT molecular complexity index is 1110. The van der Waals surface area contributed by atoms with Crippen LogP contribution in [0.15, 0.2) is 36.5 Å². The van der Waals surface area contributed by atoms with E-state index in [1.165, 1.54) is 36.5 Å². The highest BCUT2D eigenvalue weighted by atomic mass is 32.3. The lowest BCUT2D eigenvalue weighted by atomic mass is 9.89. The van der Waals surface area contributed by atoms with Gasteiger partial charge in [0, 0.05) is 30.5 Å². The lowest BCUT2D eigenvalue weighted by Crippen LogP contribution is -2.75. The van der Waals surface area contributed by atoms with Crippen molar-refractivity contribution >= 4 is 28.0 Å². The molecule has 1 aromatic carbocycles. The number of anilines is 1. The second kappa shape index (κ2) is 7.28. The van der Waals surface area contributed by atoms with Crippen LogP contribution in [0.25, 0.3) is 0 Å². The molecule has 2 aliphatic rings. The van der Waals surface area contributed by atoms with Crippen molar-refractivity contribution < 1.29 is 18.3 Å². The van der Waals surface area contributed by atoms with E-state index in [2.05, 4.69) is 20.9 Å². The number of pyridine rings is 1. The Hall–Kier alpha value is -3.04. The van der Waals surface area contributed by atoms with Gasteiger partial charge in [0.15, 0.2) is 0 Å². The highest BCUT2D eigenvalue weighted by Crippen LogP contribution is 2.60. The number of carbonyl (C=O) groups is 1. The number of benzene rings is 1. The molecular weight excluding hydrogens is 423 g/mol. The van der Waals surface area contributed by atoms with Crippen molar-refractivity contribution in [3.63, 3.8) is 0 Å². The number of nitrogens with zero attached hydrogens (tertiary/aromatic N) is 2. The van der Waals surface area contributed by atoms with Gasteiger partial charge in [0.25, 0.3) is 5.91 Å². The third kappa shape index (κ3) is 3.43. The van der Waals surface area contributed by atoms with E-state index < -0.39 is 32.6 Å². The van der Waals surface area contributed by atoms with Crippen LogP contribution in [0.5, 0.6) is 0 Å². The molecule has 9 nitrogen and oxygen atoms in total. The van der Waals surface area contributed by atoms with Gasteiger partial charge in [-0.1, -0.05) is 0 Å². The van der Waals surface area contributed by atoms with Crippen LogP contribution < -0.4 is 16.0 Å². The Labute approximate surface area is 179 Å². The van der Waals surface area contributed by atoms with E-state index in [4.69, 9.17) is 10.7 Å². The maximum absolute atomic E-state index is 14.8. The maximum atomic E-state index is 14.8. The second-order valence-corrected chi connectivity index (χ2v) is 10.3. The summed E-state index contributed by atoms with van der Waals surface area (Å²) in [4.78, 5) is 16.4.